The number of hydrogen-bond donors (Lipinski definition) is 1. The van der Waals surface area contributed by atoms with Crippen LogP contribution in [0.3, 0.4) is 0 Å². The number of pyridine rings is 1. The van der Waals surface area contributed by atoms with Gasteiger partial charge < -0.3 is 9.40 Å². The Morgan fingerprint density at radius 2 is 1.79 bits per heavy atom. The van der Waals surface area contributed by atoms with E-state index >= 15 is 0 Å². The number of rotatable bonds is 6. The van der Waals surface area contributed by atoms with Crippen LogP contribution in [0.2, 0.25) is 0 Å². The summed E-state index contributed by atoms with van der Waals surface area (Å²) in [6.07, 6.45) is -3.38. The second-order valence-corrected chi connectivity index (χ2v) is 6.80. The number of H-pyrrole nitrogens is 1. The molecule has 29 heavy (non-hydrogen) atoms. The van der Waals surface area contributed by atoms with Crippen LogP contribution in [0.5, 0.6) is 0 Å². The van der Waals surface area contributed by atoms with Crippen molar-refractivity contribution in [1.82, 2.24) is 4.98 Å². The van der Waals surface area contributed by atoms with E-state index in [1.807, 2.05) is 6.92 Å². The molecular formula is C22H20F3NO3. The van der Waals surface area contributed by atoms with Gasteiger partial charge in [-0.05, 0) is 55.7 Å². The van der Waals surface area contributed by atoms with Gasteiger partial charge in [0.1, 0.15) is 5.76 Å². The van der Waals surface area contributed by atoms with Crippen molar-refractivity contribution in [2.75, 3.05) is 0 Å². The Morgan fingerprint density at radius 3 is 2.41 bits per heavy atom. The van der Waals surface area contributed by atoms with E-state index in [4.69, 9.17) is 4.42 Å². The zero-order chi connectivity index (χ0) is 21.2. The number of aromatic amines is 1. The van der Waals surface area contributed by atoms with Gasteiger partial charge in [0.2, 0.25) is 0 Å². The van der Waals surface area contributed by atoms with Crippen molar-refractivity contribution in [2.24, 2.45) is 0 Å². The number of carbonyl (C=O) groups is 1. The fourth-order valence-electron chi connectivity index (χ4n) is 3.06. The molecule has 0 unspecified atom stereocenters. The van der Waals surface area contributed by atoms with E-state index in [0.29, 0.717) is 41.0 Å². The maximum atomic E-state index is 12.6. The molecular weight excluding hydrogens is 383 g/mol. The molecule has 0 aliphatic carbocycles. The molecule has 0 fully saturated rings. The number of hydrogen-bond acceptors (Lipinski definition) is 3. The molecule has 4 nitrogen and oxygen atoms in total. The first kappa shape index (κ1) is 20.6. The zero-order valence-electron chi connectivity index (χ0n) is 16.0. The maximum Gasteiger partial charge on any atom is 0.416 e. The zero-order valence-corrected chi connectivity index (χ0v) is 16.0. The fourth-order valence-corrected chi connectivity index (χ4v) is 3.06. The minimum atomic E-state index is -4.38. The summed E-state index contributed by atoms with van der Waals surface area (Å²) in [4.78, 5) is 27.1. The molecule has 1 aromatic carbocycles. The number of aryl methyl sites for hydroxylation is 3. The van der Waals surface area contributed by atoms with Crippen LogP contribution in [0, 0.1) is 6.92 Å². The van der Waals surface area contributed by atoms with Crippen molar-refractivity contribution in [3.05, 3.63) is 81.0 Å². The summed E-state index contributed by atoms with van der Waals surface area (Å²) in [5, 5.41) is 0. The Labute approximate surface area is 165 Å². The fraction of sp³-hybridized carbons (Fsp3) is 0.273. The average Bonchev–Trinajstić information content (AvgIpc) is 3.16. The van der Waals surface area contributed by atoms with Crippen LogP contribution in [0.25, 0.3) is 11.3 Å². The third-order valence-corrected chi connectivity index (χ3v) is 4.76. The molecule has 0 saturated heterocycles. The van der Waals surface area contributed by atoms with Crippen LogP contribution in [-0.4, -0.2) is 10.8 Å². The highest BCUT2D eigenvalue weighted by Gasteiger charge is 2.29. The molecule has 0 saturated carbocycles. The van der Waals surface area contributed by atoms with Crippen molar-refractivity contribution in [2.45, 2.75) is 39.3 Å². The van der Waals surface area contributed by atoms with Gasteiger partial charge in [0.25, 0.3) is 5.56 Å². The molecule has 0 atom stereocenters. The SMILES string of the molecule is CCc1cc(-c2ccc(C(=O)CCc3ccc(C(F)(F)F)cc3)o2)c(C)[nH]c1=O. The number of furan rings is 1. The normalized spacial score (nSPS) is 11.6. The minimum Gasteiger partial charge on any atom is -0.453 e. The van der Waals surface area contributed by atoms with E-state index in [1.165, 1.54) is 12.1 Å². The molecule has 0 aliphatic rings. The van der Waals surface area contributed by atoms with Gasteiger partial charge in [-0.25, -0.2) is 0 Å². The summed E-state index contributed by atoms with van der Waals surface area (Å²) in [5.74, 6) is 0.413. The summed E-state index contributed by atoms with van der Waals surface area (Å²) in [6, 6.07) is 9.76. The molecule has 2 aromatic heterocycles. The predicted octanol–water partition coefficient (Wildman–Crippen LogP) is 5.34. The highest BCUT2D eigenvalue weighted by molar-refractivity contribution is 5.94. The third-order valence-electron chi connectivity index (χ3n) is 4.76. The lowest BCUT2D eigenvalue weighted by Gasteiger charge is -2.07. The van der Waals surface area contributed by atoms with Crippen LogP contribution in [0.4, 0.5) is 13.2 Å². The smallest absolute Gasteiger partial charge is 0.416 e. The molecule has 152 valence electrons. The van der Waals surface area contributed by atoms with Crippen molar-refractivity contribution in [3.8, 4) is 11.3 Å². The van der Waals surface area contributed by atoms with Crippen LogP contribution in [0.15, 0.2) is 51.7 Å². The number of halogens is 3. The molecule has 3 rings (SSSR count). The Morgan fingerprint density at radius 1 is 1.10 bits per heavy atom. The molecule has 7 heteroatoms. The summed E-state index contributed by atoms with van der Waals surface area (Å²) in [6.45, 7) is 3.63. The largest absolute Gasteiger partial charge is 0.453 e. The number of ketones is 1. The van der Waals surface area contributed by atoms with E-state index in [0.717, 1.165) is 12.1 Å². The number of Topliss-reactive ketones (excluding diaryl/α,β-unsaturated/α-hetero) is 1. The van der Waals surface area contributed by atoms with E-state index in [-0.39, 0.29) is 23.5 Å². The molecule has 0 bridgehead atoms. The van der Waals surface area contributed by atoms with Crippen molar-refractivity contribution in [3.63, 3.8) is 0 Å². The second-order valence-electron chi connectivity index (χ2n) is 6.80. The number of nitrogens with one attached hydrogen (secondary N) is 1. The summed E-state index contributed by atoms with van der Waals surface area (Å²) in [5.41, 5.74) is 1.76. The van der Waals surface area contributed by atoms with E-state index in [9.17, 15) is 22.8 Å². The standard InChI is InChI=1S/C22H20F3NO3/c1-3-15-12-17(13(2)26-21(15)28)19-10-11-20(29-19)18(27)9-6-14-4-7-16(8-5-14)22(23,24)25/h4-5,7-8,10-12H,3,6,9H2,1-2H3,(H,26,28). The highest BCUT2D eigenvalue weighted by atomic mass is 19.4. The molecule has 0 radical (unpaired) electrons. The second kappa shape index (κ2) is 8.11. The van der Waals surface area contributed by atoms with Gasteiger partial charge in [-0.3, -0.25) is 9.59 Å². The maximum absolute atomic E-state index is 12.6. The van der Waals surface area contributed by atoms with Gasteiger partial charge in [-0.2, -0.15) is 13.2 Å². The Hall–Kier alpha value is -3.09. The number of benzene rings is 1. The lowest BCUT2D eigenvalue weighted by Crippen LogP contribution is -2.13. The number of alkyl halides is 3. The van der Waals surface area contributed by atoms with Crippen molar-refractivity contribution in [1.29, 1.82) is 0 Å². The monoisotopic (exact) mass is 403 g/mol. The summed E-state index contributed by atoms with van der Waals surface area (Å²) >= 11 is 0. The first-order valence-corrected chi connectivity index (χ1v) is 9.21. The van der Waals surface area contributed by atoms with E-state index < -0.39 is 11.7 Å². The molecule has 0 amide bonds. The van der Waals surface area contributed by atoms with Crippen LogP contribution >= 0.6 is 0 Å². The van der Waals surface area contributed by atoms with Gasteiger partial charge in [-0.15, -0.1) is 0 Å². The minimum absolute atomic E-state index is 0.114. The molecule has 0 aliphatic heterocycles. The highest BCUT2D eigenvalue weighted by Crippen LogP contribution is 2.29. The van der Waals surface area contributed by atoms with Gasteiger partial charge in [0.15, 0.2) is 11.5 Å². The molecule has 3 aromatic rings. The number of aromatic nitrogens is 1. The first-order valence-electron chi connectivity index (χ1n) is 9.21. The van der Waals surface area contributed by atoms with Crippen molar-refractivity contribution >= 4 is 5.78 Å². The summed E-state index contributed by atoms with van der Waals surface area (Å²) < 4.78 is 43.5. The quantitative estimate of drug-likeness (QED) is 0.565. The van der Waals surface area contributed by atoms with Gasteiger partial charge in [0.05, 0.1) is 5.56 Å². The molecule has 1 N–H and O–H groups in total. The molecule has 0 spiro atoms. The van der Waals surface area contributed by atoms with Crippen LogP contribution in [0.1, 0.15) is 46.3 Å². The van der Waals surface area contributed by atoms with Crippen LogP contribution < -0.4 is 5.56 Å². The Kier molecular flexibility index (Phi) is 5.77. The van der Waals surface area contributed by atoms with E-state index in [1.54, 1.807) is 25.1 Å². The van der Waals surface area contributed by atoms with Crippen molar-refractivity contribution < 1.29 is 22.4 Å². The summed E-state index contributed by atoms with van der Waals surface area (Å²) in [7, 11) is 0. The van der Waals surface area contributed by atoms with Gasteiger partial charge in [-0.1, -0.05) is 19.1 Å². The van der Waals surface area contributed by atoms with Crippen LogP contribution in [-0.2, 0) is 19.0 Å². The molecule has 2 heterocycles. The van der Waals surface area contributed by atoms with E-state index in [2.05, 4.69) is 4.98 Å². The first-order chi connectivity index (χ1) is 13.7. The predicted molar refractivity (Wildman–Crippen MR) is 103 cm³/mol. The Balaban J connectivity index is 1.71. The lowest BCUT2D eigenvalue weighted by molar-refractivity contribution is -0.137. The average molecular weight is 403 g/mol. The Bertz CT molecular complexity index is 1080. The van der Waals surface area contributed by atoms with Gasteiger partial charge >= 0.3 is 6.18 Å². The number of carbonyl (C=O) groups excluding carboxylic acids is 1. The lowest BCUT2D eigenvalue weighted by atomic mass is 10.0. The van der Waals surface area contributed by atoms with Gasteiger partial charge in [0, 0.05) is 23.2 Å². The third kappa shape index (κ3) is 4.67. The topological polar surface area (TPSA) is 63.1 Å².